The molecule has 2 aromatic rings. The van der Waals surface area contributed by atoms with Crippen LogP contribution in [0.25, 0.3) is 0 Å². The number of rotatable bonds is 4. The lowest BCUT2D eigenvalue weighted by Crippen LogP contribution is -2.16. The van der Waals surface area contributed by atoms with Crippen molar-refractivity contribution in [2.75, 3.05) is 0 Å². The predicted molar refractivity (Wildman–Crippen MR) is 90.1 cm³/mol. The third-order valence-electron chi connectivity index (χ3n) is 2.91. The molecule has 2 nitrogen and oxygen atoms in total. The van der Waals surface area contributed by atoms with Gasteiger partial charge in [0.05, 0.1) is 12.1 Å². The number of nitrogens with two attached hydrogens (primary N) is 1. The van der Waals surface area contributed by atoms with Gasteiger partial charge in [0.1, 0.15) is 5.75 Å². The van der Waals surface area contributed by atoms with Gasteiger partial charge in [0.15, 0.2) is 0 Å². The Balaban J connectivity index is 2.42. The van der Waals surface area contributed by atoms with E-state index in [1.807, 2.05) is 56.3 Å². The van der Waals surface area contributed by atoms with Crippen LogP contribution in [0.15, 0.2) is 51.4 Å². The Morgan fingerprint density at radius 3 is 2.40 bits per heavy atom. The summed E-state index contributed by atoms with van der Waals surface area (Å²) in [6.45, 7) is 4.02. The van der Waals surface area contributed by atoms with Gasteiger partial charge in [0.25, 0.3) is 0 Å². The third kappa shape index (κ3) is 3.62. The highest BCUT2D eigenvalue weighted by Crippen LogP contribution is 2.33. The Hall–Kier alpha value is -0.840. The lowest BCUT2D eigenvalue weighted by Gasteiger charge is -2.20. The molecule has 0 fully saturated rings. The molecular weight excluding hydrogens is 382 g/mol. The van der Waals surface area contributed by atoms with Crippen LogP contribution in [0, 0.1) is 0 Å². The molecule has 0 bridgehead atoms. The summed E-state index contributed by atoms with van der Waals surface area (Å²) in [5.74, 6) is 0.835. The number of hydrogen-bond acceptors (Lipinski definition) is 2. The van der Waals surface area contributed by atoms with Crippen molar-refractivity contribution < 1.29 is 4.74 Å². The topological polar surface area (TPSA) is 35.2 Å². The van der Waals surface area contributed by atoms with Crippen LogP contribution in [-0.2, 0) is 0 Å². The molecule has 4 heteroatoms. The first-order valence-corrected chi connectivity index (χ1v) is 8.03. The van der Waals surface area contributed by atoms with Gasteiger partial charge in [-0.25, -0.2) is 0 Å². The molecule has 2 rings (SSSR count). The van der Waals surface area contributed by atoms with Crippen molar-refractivity contribution in [1.29, 1.82) is 0 Å². The average molecular weight is 399 g/mol. The zero-order valence-corrected chi connectivity index (χ0v) is 14.6. The molecule has 2 aromatic carbocycles. The van der Waals surface area contributed by atoms with Gasteiger partial charge in [0, 0.05) is 14.5 Å². The van der Waals surface area contributed by atoms with Crippen molar-refractivity contribution in [2.45, 2.75) is 26.0 Å². The van der Waals surface area contributed by atoms with E-state index in [0.717, 1.165) is 25.8 Å². The zero-order valence-electron chi connectivity index (χ0n) is 11.4. The second-order valence-corrected chi connectivity index (χ2v) is 6.62. The van der Waals surface area contributed by atoms with E-state index in [1.54, 1.807) is 0 Å². The largest absolute Gasteiger partial charge is 0.491 e. The molecule has 0 saturated heterocycles. The van der Waals surface area contributed by atoms with Crippen molar-refractivity contribution in [1.82, 2.24) is 0 Å². The fourth-order valence-corrected chi connectivity index (χ4v) is 2.89. The number of hydrogen-bond donors (Lipinski definition) is 1. The van der Waals surface area contributed by atoms with E-state index in [2.05, 4.69) is 31.9 Å². The van der Waals surface area contributed by atoms with E-state index in [4.69, 9.17) is 10.5 Å². The molecule has 0 saturated carbocycles. The van der Waals surface area contributed by atoms with Gasteiger partial charge >= 0.3 is 0 Å². The Morgan fingerprint density at radius 1 is 1.00 bits per heavy atom. The first-order valence-electron chi connectivity index (χ1n) is 6.45. The Morgan fingerprint density at radius 2 is 1.70 bits per heavy atom. The summed E-state index contributed by atoms with van der Waals surface area (Å²) in [5, 5.41) is 0. The first-order chi connectivity index (χ1) is 9.49. The van der Waals surface area contributed by atoms with Crippen LogP contribution in [0.4, 0.5) is 0 Å². The number of halogens is 2. The smallest absolute Gasteiger partial charge is 0.124 e. The summed E-state index contributed by atoms with van der Waals surface area (Å²) in [5.41, 5.74) is 8.44. The Bertz CT molecular complexity index is 599. The summed E-state index contributed by atoms with van der Waals surface area (Å²) >= 11 is 7.05. The lowest BCUT2D eigenvalue weighted by atomic mass is 9.99. The highest BCUT2D eigenvalue weighted by molar-refractivity contribution is 9.11. The van der Waals surface area contributed by atoms with Gasteiger partial charge in [-0.2, -0.15) is 0 Å². The zero-order chi connectivity index (χ0) is 14.7. The summed E-state index contributed by atoms with van der Waals surface area (Å²) in [6, 6.07) is 13.7. The minimum Gasteiger partial charge on any atom is -0.491 e. The van der Waals surface area contributed by atoms with Gasteiger partial charge < -0.3 is 10.5 Å². The van der Waals surface area contributed by atoms with Gasteiger partial charge in [-0.1, -0.05) is 50.1 Å². The third-order valence-corrected chi connectivity index (χ3v) is 4.13. The van der Waals surface area contributed by atoms with E-state index in [0.29, 0.717) is 0 Å². The van der Waals surface area contributed by atoms with E-state index >= 15 is 0 Å². The molecule has 0 aliphatic heterocycles. The maximum Gasteiger partial charge on any atom is 0.124 e. The van der Waals surface area contributed by atoms with Crippen LogP contribution in [0.3, 0.4) is 0 Å². The fraction of sp³-hybridized carbons (Fsp3) is 0.250. The Labute approximate surface area is 136 Å². The molecule has 106 valence electrons. The monoisotopic (exact) mass is 397 g/mol. The van der Waals surface area contributed by atoms with Crippen molar-refractivity contribution >= 4 is 31.9 Å². The minimum atomic E-state index is -0.239. The molecule has 1 atom stereocenters. The van der Waals surface area contributed by atoms with Crippen molar-refractivity contribution in [2.24, 2.45) is 5.73 Å². The van der Waals surface area contributed by atoms with Gasteiger partial charge in [-0.3, -0.25) is 0 Å². The van der Waals surface area contributed by atoms with E-state index in [1.165, 1.54) is 0 Å². The Kier molecular flexibility index (Phi) is 5.24. The second kappa shape index (κ2) is 6.74. The van der Waals surface area contributed by atoms with Crippen LogP contribution in [-0.4, -0.2) is 6.10 Å². The molecule has 0 aliphatic rings. The number of benzene rings is 2. The molecule has 1 unspecified atom stereocenters. The maximum absolute atomic E-state index is 6.43. The van der Waals surface area contributed by atoms with Crippen LogP contribution in [0.2, 0.25) is 0 Å². The molecule has 20 heavy (non-hydrogen) atoms. The van der Waals surface area contributed by atoms with Crippen LogP contribution < -0.4 is 10.5 Å². The summed E-state index contributed by atoms with van der Waals surface area (Å²) in [4.78, 5) is 0. The summed E-state index contributed by atoms with van der Waals surface area (Å²) < 4.78 is 7.85. The molecule has 0 spiro atoms. The van der Waals surface area contributed by atoms with Gasteiger partial charge in [0.2, 0.25) is 0 Å². The van der Waals surface area contributed by atoms with Crippen LogP contribution >= 0.6 is 31.9 Å². The molecular formula is C16H17Br2NO. The fourth-order valence-electron chi connectivity index (χ4n) is 2.02. The average Bonchev–Trinajstić information content (AvgIpc) is 2.41. The molecule has 0 amide bonds. The maximum atomic E-state index is 6.43. The number of ether oxygens (including phenoxy) is 1. The number of para-hydroxylation sites is 1. The predicted octanol–water partition coefficient (Wildman–Crippen LogP) is 5.05. The molecule has 0 heterocycles. The second-order valence-electron chi connectivity index (χ2n) is 4.85. The summed E-state index contributed by atoms with van der Waals surface area (Å²) in [7, 11) is 0. The normalized spacial score (nSPS) is 12.5. The van der Waals surface area contributed by atoms with Gasteiger partial charge in [-0.05, 0) is 43.7 Å². The van der Waals surface area contributed by atoms with E-state index in [9.17, 15) is 0 Å². The van der Waals surface area contributed by atoms with Crippen molar-refractivity contribution in [3.63, 3.8) is 0 Å². The SMILES string of the molecule is CC(C)Oc1ccccc1C(N)c1cc(Br)ccc1Br. The first kappa shape index (κ1) is 15.5. The van der Waals surface area contributed by atoms with Crippen molar-refractivity contribution in [3.05, 3.63) is 62.5 Å². The summed E-state index contributed by atoms with van der Waals surface area (Å²) in [6.07, 6.45) is 0.120. The van der Waals surface area contributed by atoms with Crippen molar-refractivity contribution in [3.8, 4) is 5.75 Å². The molecule has 0 aromatic heterocycles. The van der Waals surface area contributed by atoms with Crippen LogP contribution in [0.1, 0.15) is 31.0 Å². The minimum absolute atomic E-state index is 0.120. The molecule has 2 N–H and O–H groups in total. The van der Waals surface area contributed by atoms with E-state index in [-0.39, 0.29) is 12.1 Å². The highest BCUT2D eigenvalue weighted by Gasteiger charge is 2.17. The quantitative estimate of drug-likeness (QED) is 0.782. The van der Waals surface area contributed by atoms with E-state index < -0.39 is 0 Å². The standard InChI is InChI=1S/C16H17Br2NO/c1-10(2)20-15-6-4-3-5-12(15)16(19)13-9-11(17)7-8-14(13)18/h3-10,16H,19H2,1-2H3. The van der Waals surface area contributed by atoms with Gasteiger partial charge in [-0.15, -0.1) is 0 Å². The molecule has 0 radical (unpaired) electrons. The van der Waals surface area contributed by atoms with Crippen LogP contribution in [0.5, 0.6) is 5.75 Å². The lowest BCUT2D eigenvalue weighted by molar-refractivity contribution is 0.239. The highest BCUT2D eigenvalue weighted by atomic mass is 79.9. The molecule has 0 aliphatic carbocycles.